The van der Waals surface area contributed by atoms with Crippen LogP contribution >= 0.6 is 11.3 Å². The van der Waals surface area contributed by atoms with E-state index in [-0.39, 0.29) is 23.4 Å². The number of aromatic nitrogens is 2. The Morgan fingerprint density at radius 3 is 2.91 bits per heavy atom. The van der Waals surface area contributed by atoms with Gasteiger partial charge in [0.1, 0.15) is 5.01 Å². The Bertz CT molecular complexity index is 737. The van der Waals surface area contributed by atoms with Crippen molar-refractivity contribution in [1.29, 1.82) is 0 Å². The fourth-order valence-corrected chi connectivity index (χ4v) is 3.90. The molecule has 1 atom stereocenters. The molecule has 0 spiro atoms. The maximum Gasteiger partial charge on any atom is 0.256 e. The van der Waals surface area contributed by atoms with E-state index in [1.165, 1.54) is 6.07 Å². The Morgan fingerprint density at radius 1 is 1.39 bits per heavy atom. The zero-order valence-electron chi connectivity index (χ0n) is 13.4. The minimum absolute atomic E-state index is 0.00940. The quantitative estimate of drug-likeness (QED) is 0.938. The Labute approximate surface area is 139 Å². The Kier molecular flexibility index (Phi) is 4.61. The number of carbonyl (C=O) groups excluding carboxylic acids is 1. The van der Waals surface area contributed by atoms with Crippen molar-refractivity contribution in [1.82, 2.24) is 14.9 Å². The number of hydrogen-bond acceptors (Lipinski definition) is 4. The third-order valence-corrected chi connectivity index (χ3v) is 5.13. The molecule has 6 heteroatoms. The van der Waals surface area contributed by atoms with Crippen molar-refractivity contribution in [2.24, 2.45) is 0 Å². The third-order valence-electron chi connectivity index (χ3n) is 4.26. The molecule has 5 nitrogen and oxygen atoms in total. The van der Waals surface area contributed by atoms with E-state index in [9.17, 15) is 9.59 Å². The summed E-state index contributed by atoms with van der Waals surface area (Å²) < 4.78 is 0. The molecular formula is C17H21N3O2S. The van der Waals surface area contributed by atoms with Crippen LogP contribution in [0.1, 0.15) is 66.1 Å². The van der Waals surface area contributed by atoms with E-state index in [0.29, 0.717) is 11.3 Å². The normalized spacial score (nSPS) is 18.4. The highest BCUT2D eigenvalue weighted by Gasteiger charge is 2.31. The summed E-state index contributed by atoms with van der Waals surface area (Å²) in [6.07, 6.45) is 4.85. The van der Waals surface area contributed by atoms with Crippen LogP contribution in [0.3, 0.4) is 0 Å². The summed E-state index contributed by atoms with van der Waals surface area (Å²) in [4.78, 5) is 33.9. The van der Waals surface area contributed by atoms with Crippen LogP contribution < -0.4 is 5.56 Å². The second kappa shape index (κ2) is 6.66. The van der Waals surface area contributed by atoms with E-state index < -0.39 is 0 Å². The zero-order valence-corrected chi connectivity index (χ0v) is 14.2. The maximum atomic E-state index is 13.1. The lowest BCUT2D eigenvalue weighted by Gasteiger charge is -2.35. The molecule has 3 rings (SSSR count). The number of piperidine rings is 1. The average Bonchev–Trinajstić information content (AvgIpc) is 3.08. The van der Waals surface area contributed by atoms with Gasteiger partial charge in [0.15, 0.2) is 0 Å². The first-order chi connectivity index (χ1) is 11.1. The van der Waals surface area contributed by atoms with E-state index in [0.717, 1.165) is 30.8 Å². The van der Waals surface area contributed by atoms with Crippen LogP contribution in [0.15, 0.2) is 28.5 Å². The van der Waals surface area contributed by atoms with Gasteiger partial charge in [0.2, 0.25) is 5.56 Å². The Morgan fingerprint density at radius 2 is 2.22 bits per heavy atom. The summed E-state index contributed by atoms with van der Waals surface area (Å²) in [5.41, 5.74) is 1.15. The van der Waals surface area contributed by atoms with Gasteiger partial charge in [-0.1, -0.05) is 13.8 Å². The SMILES string of the molecule is CC(C)c1[nH]c(=O)ccc1C(=O)N1CCCCC1c1nccs1. The highest BCUT2D eigenvalue weighted by molar-refractivity contribution is 7.09. The molecule has 0 aromatic carbocycles. The number of hydrogen-bond donors (Lipinski definition) is 1. The van der Waals surface area contributed by atoms with Crippen LogP contribution in [-0.2, 0) is 0 Å². The largest absolute Gasteiger partial charge is 0.329 e. The third kappa shape index (κ3) is 3.22. The molecule has 0 bridgehead atoms. The molecule has 1 aliphatic rings. The molecular weight excluding hydrogens is 310 g/mol. The van der Waals surface area contributed by atoms with E-state index in [1.807, 2.05) is 24.1 Å². The fraction of sp³-hybridized carbons (Fsp3) is 0.471. The summed E-state index contributed by atoms with van der Waals surface area (Å²) in [6.45, 7) is 4.70. The van der Waals surface area contributed by atoms with Gasteiger partial charge in [-0.2, -0.15) is 0 Å². The van der Waals surface area contributed by atoms with Crippen molar-refractivity contribution in [3.8, 4) is 0 Å². The molecule has 1 unspecified atom stereocenters. The lowest BCUT2D eigenvalue weighted by Crippen LogP contribution is -2.39. The zero-order chi connectivity index (χ0) is 16.4. The van der Waals surface area contributed by atoms with Gasteiger partial charge in [0, 0.05) is 29.9 Å². The lowest BCUT2D eigenvalue weighted by molar-refractivity contribution is 0.0609. The van der Waals surface area contributed by atoms with E-state index in [4.69, 9.17) is 0 Å². The minimum atomic E-state index is -0.166. The standard InChI is InChI=1S/C17H21N3O2S/c1-11(2)15-12(6-7-14(21)19-15)17(22)20-9-4-3-5-13(20)16-18-8-10-23-16/h6-8,10-11,13H,3-5,9H2,1-2H3,(H,19,21). The molecule has 2 aromatic heterocycles. The van der Waals surface area contributed by atoms with Gasteiger partial charge in [-0.05, 0) is 31.2 Å². The lowest BCUT2D eigenvalue weighted by atomic mass is 9.98. The molecule has 122 valence electrons. The number of carbonyl (C=O) groups is 1. The highest BCUT2D eigenvalue weighted by atomic mass is 32.1. The van der Waals surface area contributed by atoms with Crippen molar-refractivity contribution in [3.63, 3.8) is 0 Å². The van der Waals surface area contributed by atoms with Crippen molar-refractivity contribution < 1.29 is 4.79 Å². The van der Waals surface area contributed by atoms with Gasteiger partial charge in [-0.3, -0.25) is 9.59 Å². The molecule has 0 saturated carbocycles. The summed E-state index contributed by atoms with van der Waals surface area (Å²) in [7, 11) is 0. The van der Waals surface area contributed by atoms with Gasteiger partial charge in [-0.15, -0.1) is 11.3 Å². The van der Waals surface area contributed by atoms with E-state index in [2.05, 4.69) is 9.97 Å². The van der Waals surface area contributed by atoms with Crippen LogP contribution in [0.25, 0.3) is 0 Å². The number of rotatable bonds is 3. The summed E-state index contributed by atoms with van der Waals surface area (Å²) in [6, 6.07) is 3.13. The summed E-state index contributed by atoms with van der Waals surface area (Å²) >= 11 is 1.60. The molecule has 0 radical (unpaired) electrons. The van der Waals surface area contributed by atoms with Crippen LogP contribution in [0.2, 0.25) is 0 Å². The summed E-state index contributed by atoms with van der Waals surface area (Å²) in [5.74, 6) is 0.0794. The number of thiazole rings is 1. The number of amides is 1. The molecule has 1 N–H and O–H groups in total. The second-order valence-electron chi connectivity index (χ2n) is 6.19. The van der Waals surface area contributed by atoms with Gasteiger partial charge < -0.3 is 9.88 Å². The van der Waals surface area contributed by atoms with E-state index in [1.54, 1.807) is 23.6 Å². The maximum absolute atomic E-state index is 13.1. The van der Waals surface area contributed by atoms with Crippen LogP contribution in [0, 0.1) is 0 Å². The Balaban J connectivity index is 1.97. The molecule has 1 fully saturated rings. The van der Waals surface area contributed by atoms with Gasteiger partial charge >= 0.3 is 0 Å². The average molecular weight is 331 g/mol. The monoisotopic (exact) mass is 331 g/mol. The van der Waals surface area contributed by atoms with Gasteiger partial charge in [0.25, 0.3) is 5.91 Å². The predicted molar refractivity (Wildman–Crippen MR) is 90.9 cm³/mol. The molecule has 1 aliphatic heterocycles. The number of nitrogens with zero attached hydrogens (tertiary/aromatic N) is 2. The first-order valence-corrected chi connectivity index (χ1v) is 8.89. The van der Waals surface area contributed by atoms with Crippen molar-refractivity contribution >= 4 is 17.2 Å². The number of H-pyrrole nitrogens is 1. The Hall–Kier alpha value is -1.95. The molecule has 3 heterocycles. The smallest absolute Gasteiger partial charge is 0.256 e. The highest BCUT2D eigenvalue weighted by Crippen LogP contribution is 2.33. The minimum Gasteiger partial charge on any atom is -0.329 e. The van der Waals surface area contributed by atoms with Crippen molar-refractivity contribution in [2.75, 3.05) is 6.54 Å². The van der Waals surface area contributed by atoms with Crippen LogP contribution in [-0.4, -0.2) is 27.3 Å². The number of likely N-dealkylation sites (tertiary alicyclic amines) is 1. The number of nitrogens with one attached hydrogen (secondary N) is 1. The molecule has 0 aliphatic carbocycles. The number of pyridine rings is 1. The van der Waals surface area contributed by atoms with E-state index >= 15 is 0 Å². The molecule has 1 saturated heterocycles. The molecule has 1 amide bonds. The van der Waals surface area contributed by atoms with Crippen LogP contribution in [0.5, 0.6) is 0 Å². The number of aromatic amines is 1. The summed E-state index contributed by atoms with van der Waals surface area (Å²) in [5, 5.41) is 2.94. The first kappa shape index (κ1) is 15.9. The van der Waals surface area contributed by atoms with Crippen LogP contribution in [0.4, 0.5) is 0 Å². The van der Waals surface area contributed by atoms with Gasteiger partial charge in [0.05, 0.1) is 11.6 Å². The van der Waals surface area contributed by atoms with Crippen molar-refractivity contribution in [2.45, 2.75) is 45.1 Å². The topological polar surface area (TPSA) is 66.1 Å². The molecule has 2 aromatic rings. The molecule has 23 heavy (non-hydrogen) atoms. The van der Waals surface area contributed by atoms with Gasteiger partial charge in [-0.25, -0.2) is 4.98 Å². The van der Waals surface area contributed by atoms with Crippen molar-refractivity contribution in [3.05, 3.63) is 50.3 Å². The second-order valence-corrected chi connectivity index (χ2v) is 7.11. The predicted octanol–water partition coefficient (Wildman–Crippen LogP) is 3.32. The fourth-order valence-electron chi connectivity index (χ4n) is 3.12. The first-order valence-electron chi connectivity index (χ1n) is 8.01.